The Morgan fingerprint density at radius 3 is 2.47 bits per heavy atom. The number of benzene rings is 2. The fraction of sp³-hybridized carbons (Fsp3) is 0.0667. The molecule has 0 aliphatic heterocycles. The lowest BCUT2D eigenvalue weighted by Gasteiger charge is -2.07. The summed E-state index contributed by atoms with van der Waals surface area (Å²) in [4.78, 5) is 8.58. The van der Waals surface area contributed by atoms with Crippen molar-refractivity contribution in [3.05, 3.63) is 59.1 Å². The third kappa shape index (κ3) is 2.17. The van der Waals surface area contributed by atoms with Gasteiger partial charge in [-0.15, -0.1) is 0 Å². The summed E-state index contributed by atoms with van der Waals surface area (Å²) in [6, 6.07) is 12.1. The van der Waals surface area contributed by atoms with Crippen molar-refractivity contribution in [2.24, 2.45) is 0 Å². The molecule has 0 saturated carbocycles. The predicted molar refractivity (Wildman–Crippen MR) is 74.7 cm³/mol. The fourth-order valence-electron chi connectivity index (χ4n) is 2.11. The van der Waals surface area contributed by atoms with Crippen molar-refractivity contribution in [1.29, 1.82) is 0 Å². The van der Waals surface area contributed by atoms with Gasteiger partial charge in [-0.2, -0.15) is 0 Å². The van der Waals surface area contributed by atoms with Gasteiger partial charge in [-0.05, 0) is 30.5 Å². The topological polar surface area (TPSA) is 25.8 Å². The Labute approximate surface area is 114 Å². The number of aryl methyl sites for hydroxylation is 1. The van der Waals surface area contributed by atoms with Crippen molar-refractivity contribution in [3.8, 4) is 11.4 Å². The van der Waals surface area contributed by atoms with Crippen LogP contribution in [0, 0.1) is 12.7 Å². The van der Waals surface area contributed by atoms with Gasteiger partial charge in [0, 0.05) is 16.6 Å². The minimum atomic E-state index is -0.252. The molecular weight excluding hydrogens is 263 g/mol. The van der Waals surface area contributed by atoms with Gasteiger partial charge in [-0.3, -0.25) is 0 Å². The van der Waals surface area contributed by atoms with E-state index in [-0.39, 0.29) is 5.82 Å². The number of hydrogen-bond donors (Lipinski definition) is 0. The molecule has 2 nitrogen and oxygen atoms in total. The molecule has 3 aromatic rings. The van der Waals surface area contributed by atoms with Crippen molar-refractivity contribution in [2.45, 2.75) is 6.92 Å². The average Bonchev–Trinajstić information content (AvgIpc) is 2.38. The van der Waals surface area contributed by atoms with Crippen LogP contribution in [0.1, 0.15) is 5.69 Å². The number of nitrogens with zero attached hydrogens (tertiary/aromatic N) is 2. The summed E-state index contributed by atoms with van der Waals surface area (Å²) in [5, 5.41) is 1.72. The predicted octanol–water partition coefficient (Wildman–Crippen LogP) is 4.40. The van der Waals surface area contributed by atoms with Crippen LogP contribution >= 0.6 is 11.6 Å². The summed E-state index contributed by atoms with van der Waals surface area (Å²) in [6.07, 6.45) is 0. The third-order valence-corrected chi connectivity index (χ3v) is 3.13. The van der Waals surface area contributed by atoms with E-state index in [1.165, 1.54) is 6.07 Å². The van der Waals surface area contributed by atoms with Gasteiger partial charge in [0.05, 0.1) is 0 Å². The van der Waals surface area contributed by atoms with Gasteiger partial charge >= 0.3 is 0 Å². The molecular formula is C15H10ClFN2. The monoisotopic (exact) mass is 272 g/mol. The highest BCUT2D eigenvalue weighted by molar-refractivity contribution is 6.29. The van der Waals surface area contributed by atoms with Crippen molar-refractivity contribution >= 4 is 22.4 Å². The maximum atomic E-state index is 13.8. The maximum Gasteiger partial charge on any atom is 0.161 e. The van der Waals surface area contributed by atoms with Crippen molar-refractivity contribution in [2.75, 3.05) is 0 Å². The highest BCUT2D eigenvalue weighted by Crippen LogP contribution is 2.28. The molecule has 0 atom stereocenters. The summed E-state index contributed by atoms with van der Waals surface area (Å²) in [7, 11) is 0. The lowest BCUT2D eigenvalue weighted by Crippen LogP contribution is -1.94. The summed E-state index contributed by atoms with van der Waals surface area (Å²) >= 11 is 5.96. The van der Waals surface area contributed by atoms with Crippen LogP contribution in [0.25, 0.3) is 22.2 Å². The van der Waals surface area contributed by atoms with Crippen LogP contribution < -0.4 is 0 Å². The lowest BCUT2D eigenvalue weighted by atomic mass is 10.0. The number of fused-ring (bicyclic) bond motifs is 1. The molecule has 1 aromatic heterocycles. The first-order valence-corrected chi connectivity index (χ1v) is 6.22. The van der Waals surface area contributed by atoms with E-state index in [1.807, 2.05) is 19.1 Å². The van der Waals surface area contributed by atoms with E-state index in [0.29, 0.717) is 16.4 Å². The smallest absolute Gasteiger partial charge is 0.161 e. The number of aromatic nitrogens is 2. The summed E-state index contributed by atoms with van der Waals surface area (Å²) < 4.78 is 13.8. The Balaban J connectivity index is 2.34. The summed E-state index contributed by atoms with van der Waals surface area (Å²) in [6.45, 7) is 1.85. The zero-order valence-corrected chi connectivity index (χ0v) is 10.9. The Morgan fingerprint density at radius 1 is 1.00 bits per heavy atom. The van der Waals surface area contributed by atoms with Gasteiger partial charge < -0.3 is 0 Å². The van der Waals surface area contributed by atoms with Gasteiger partial charge in [-0.1, -0.05) is 35.9 Å². The molecule has 0 amide bonds. The summed E-state index contributed by atoms with van der Waals surface area (Å²) in [5.41, 5.74) is 1.56. The van der Waals surface area contributed by atoms with E-state index in [9.17, 15) is 4.39 Å². The first-order valence-electron chi connectivity index (χ1n) is 5.84. The van der Waals surface area contributed by atoms with Crippen LogP contribution in [-0.4, -0.2) is 9.97 Å². The highest BCUT2D eigenvalue weighted by Gasteiger charge is 2.10. The quantitative estimate of drug-likeness (QED) is 0.614. The molecule has 94 valence electrons. The zero-order chi connectivity index (χ0) is 13.4. The van der Waals surface area contributed by atoms with E-state index in [2.05, 4.69) is 9.97 Å². The largest absolute Gasteiger partial charge is 0.233 e. The van der Waals surface area contributed by atoms with Gasteiger partial charge in [-0.25, -0.2) is 14.4 Å². The number of rotatable bonds is 1. The van der Waals surface area contributed by atoms with E-state index in [0.717, 1.165) is 16.6 Å². The molecule has 0 N–H and O–H groups in total. The molecule has 1 heterocycles. The molecule has 0 spiro atoms. The molecule has 0 bridgehead atoms. The average molecular weight is 273 g/mol. The normalized spacial score (nSPS) is 10.9. The molecule has 2 aromatic carbocycles. The van der Waals surface area contributed by atoms with Crippen LogP contribution in [0.15, 0.2) is 42.5 Å². The summed E-state index contributed by atoms with van der Waals surface area (Å²) in [5.74, 6) is 0.263. The van der Waals surface area contributed by atoms with E-state index in [4.69, 9.17) is 11.6 Å². The van der Waals surface area contributed by atoms with Crippen LogP contribution in [0.5, 0.6) is 0 Å². The second-order valence-corrected chi connectivity index (χ2v) is 4.68. The first-order chi connectivity index (χ1) is 9.15. The van der Waals surface area contributed by atoms with Gasteiger partial charge in [0.15, 0.2) is 5.82 Å². The van der Waals surface area contributed by atoms with Gasteiger partial charge in [0.1, 0.15) is 11.0 Å². The molecule has 0 unspecified atom stereocenters. The first kappa shape index (κ1) is 12.1. The van der Waals surface area contributed by atoms with E-state index < -0.39 is 0 Å². The van der Waals surface area contributed by atoms with Crippen LogP contribution in [0.4, 0.5) is 4.39 Å². The Bertz CT molecular complexity index is 751. The lowest BCUT2D eigenvalue weighted by molar-refractivity contribution is 0.640. The molecule has 3 rings (SSSR count). The highest BCUT2D eigenvalue weighted by atomic mass is 35.5. The van der Waals surface area contributed by atoms with E-state index in [1.54, 1.807) is 24.3 Å². The molecule has 19 heavy (non-hydrogen) atoms. The van der Waals surface area contributed by atoms with Gasteiger partial charge in [0.2, 0.25) is 0 Å². The van der Waals surface area contributed by atoms with Gasteiger partial charge in [0.25, 0.3) is 0 Å². The zero-order valence-electron chi connectivity index (χ0n) is 10.2. The molecule has 4 heteroatoms. The van der Waals surface area contributed by atoms with Crippen LogP contribution in [-0.2, 0) is 0 Å². The van der Waals surface area contributed by atoms with Crippen LogP contribution in [0.3, 0.4) is 0 Å². The number of hydrogen-bond acceptors (Lipinski definition) is 2. The SMILES string of the molecule is Cc1cc(Cl)nc(-c2ccc(F)c3ccccc23)n1. The third-order valence-electron chi connectivity index (χ3n) is 2.93. The molecule has 0 aliphatic rings. The van der Waals surface area contributed by atoms with Crippen molar-refractivity contribution in [1.82, 2.24) is 9.97 Å². The second-order valence-electron chi connectivity index (χ2n) is 4.30. The minimum Gasteiger partial charge on any atom is -0.233 e. The molecule has 0 fully saturated rings. The second kappa shape index (κ2) is 4.59. The van der Waals surface area contributed by atoms with Crippen molar-refractivity contribution < 1.29 is 4.39 Å². The minimum absolute atomic E-state index is 0.252. The molecule has 0 aliphatic carbocycles. The standard InChI is InChI=1S/C15H10ClFN2/c1-9-8-14(16)19-15(18-9)12-6-7-13(17)11-5-3-2-4-10(11)12/h2-8H,1H3. The maximum absolute atomic E-state index is 13.8. The Hall–Kier alpha value is -2.00. The van der Waals surface area contributed by atoms with Crippen molar-refractivity contribution in [3.63, 3.8) is 0 Å². The molecule has 0 radical (unpaired) electrons. The Kier molecular flexibility index (Phi) is 2.91. The van der Waals surface area contributed by atoms with Crippen LogP contribution in [0.2, 0.25) is 5.15 Å². The van der Waals surface area contributed by atoms with E-state index >= 15 is 0 Å². The Morgan fingerprint density at radius 2 is 1.74 bits per heavy atom. The fourth-order valence-corrected chi connectivity index (χ4v) is 2.35. The molecule has 0 saturated heterocycles. The number of halogens is 2.